The van der Waals surface area contributed by atoms with Crippen LogP contribution in [0.5, 0.6) is 0 Å². The summed E-state index contributed by atoms with van der Waals surface area (Å²) in [5, 5.41) is 0. The average Bonchev–Trinajstić information content (AvgIpc) is 3.05. The number of H-pyrrole nitrogens is 1. The third-order valence-corrected chi connectivity index (χ3v) is 4.06. The van der Waals surface area contributed by atoms with Gasteiger partial charge in [-0.25, -0.2) is 0 Å². The minimum Gasteiger partial charge on any atom is -0.358 e. The maximum atomic E-state index is 4.78. The van der Waals surface area contributed by atoms with Crippen molar-refractivity contribution in [1.82, 2.24) is 4.98 Å². The number of aromatic amines is 1. The molecule has 2 heterocycles. The molecule has 0 saturated heterocycles. The van der Waals surface area contributed by atoms with E-state index in [0.717, 1.165) is 11.4 Å². The zero-order valence-electron chi connectivity index (χ0n) is 15.9. The molecule has 0 radical (unpaired) electrons. The third kappa shape index (κ3) is 3.59. The molecular weight excluding hydrogens is 292 g/mol. The largest absolute Gasteiger partial charge is 0.358 e. The molecule has 1 aliphatic heterocycles. The van der Waals surface area contributed by atoms with Gasteiger partial charge in [-0.15, -0.1) is 0 Å². The van der Waals surface area contributed by atoms with Crippen molar-refractivity contribution in [2.24, 2.45) is 4.99 Å². The number of hydrogen-bond donors (Lipinski definition) is 1. The summed E-state index contributed by atoms with van der Waals surface area (Å²) in [6.07, 6.45) is 2.15. The summed E-state index contributed by atoms with van der Waals surface area (Å²) in [6, 6.07) is 10.9. The van der Waals surface area contributed by atoms with Crippen LogP contribution in [0.15, 0.2) is 52.7 Å². The number of hydrogen-bond acceptors (Lipinski definition) is 1. The fraction of sp³-hybridized carbons (Fsp3) is 0.318. The van der Waals surface area contributed by atoms with Gasteiger partial charge in [-0.3, -0.25) is 4.99 Å². The van der Waals surface area contributed by atoms with Gasteiger partial charge in [-0.05, 0) is 63.5 Å². The molecule has 1 aliphatic rings. The Morgan fingerprint density at radius 2 is 1.54 bits per heavy atom. The smallest absolute Gasteiger partial charge is 0.0761 e. The van der Waals surface area contributed by atoms with Crippen molar-refractivity contribution in [3.63, 3.8) is 0 Å². The van der Waals surface area contributed by atoms with Crippen LogP contribution in [0.25, 0.3) is 5.57 Å². The Bertz CT molecular complexity index is 812. The van der Waals surface area contributed by atoms with Crippen molar-refractivity contribution in [3.8, 4) is 0 Å². The third-order valence-electron chi connectivity index (χ3n) is 4.06. The van der Waals surface area contributed by atoms with Gasteiger partial charge < -0.3 is 4.98 Å². The second-order valence-corrected chi connectivity index (χ2v) is 6.18. The normalized spacial score (nSPS) is 15.5. The topological polar surface area (TPSA) is 28.1 Å². The number of rotatable bonds is 2. The van der Waals surface area contributed by atoms with E-state index in [0.29, 0.717) is 0 Å². The number of nitrogens with zero attached hydrogens (tertiary/aromatic N) is 1. The lowest BCUT2D eigenvalue weighted by atomic mass is 9.95. The zero-order chi connectivity index (χ0) is 17.9. The Morgan fingerprint density at radius 1 is 0.917 bits per heavy atom. The summed E-state index contributed by atoms with van der Waals surface area (Å²) in [5.74, 6) is 0. The molecular formula is C22H28N2. The van der Waals surface area contributed by atoms with Gasteiger partial charge in [0.25, 0.3) is 0 Å². The van der Waals surface area contributed by atoms with E-state index in [-0.39, 0.29) is 0 Å². The molecule has 1 aromatic heterocycles. The maximum absolute atomic E-state index is 4.78. The van der Waals surface area contributed by atoms with E-state index < -0.39 is 0 Å². The first-order valence-electron chi connectivity index (χ1n) is 8.67. The number of benzene rings is 1. The predicted octanol–water partition coefficient (Wildman–Crippen LogP) is 6.15. The number of aryl methyl sites for hydroxylation is 3. The predicted molar refractivity (Wildman–Crippen MR) is 106 cm³/mol. The van der Waals surface area contributed by atoms with Crippen molar-refractivity contribution in [2.45, 2.75) is 48.5 Å². The lowest BCUT2D eigenvalue weighted by Crippen LogP contribution is -1.96. The Morgan fingerprint density at radius 3 is 2.00 bits per heavy atom. The molecule has 1 aromatic carbocycles. The van der Waals surface area contributed by atoms with Crippen LogP contribution in [0.2, 0.25) is 0 Å². The van der Waals surface area contributed by atoms with Crippen molar-refractivity contribution < 1.29 is 0 Å². The highest BCUT2D eigenvalue weighted by Gasteiger charge is 2.19. The molecule has 2 nitrogen and oxygen atoms in total. The summed E-state index contributed by atoms with van der Waals surface area (Å²) in [5.41, 5.74) is 10.6. The summed E-state index contributed by atoms with van der Waals surface area (Å²) in [7, 11) is 0. The summed E-state index contributed by atoms with van der Waals surface area (Å²) < 4.78 is 0. The Labute approximate surface area is 146 Å². The number of aromatic nitrogens is 1. The highest BCUT2D eigenvalue weighted by molar-refractivity contribution is 6.01. The van der Waals surface area contributed by atoms with Gasteiger partial charge >= 0.3 is 0 Å². The molecule has 0 aliphatic carbocycles. The summed E-state index contributed by atoms with van der Waals surface area (Å²) in [6.45, 7) is 14.5. The van der Waals surface area contributed by atoms with Crippen LogP contribution in [0.3, 0.4) is 0 Å². The van der Waals surface area contributed by atoms with Crippen LogP contribution < -0.4 is 0 Å². The van der Waals surface area contributed by atoms with Crippen LogP contribution in [0.1, 0.15) is 55.8 Å². The number of nitrogens with one attached hydrogen (secondary N) is 1. The van der Waals surface area contributed by atoms with Crippen LogP contribution >= 0.6 is 0 Å². The molecule has 0 saturated carbocycles. The average molecular weight is 320 g/mol. The second kappa shape index (κ2) is 7.48. The Balaban J connectivity index is 0.00000100. The minimum absolute atomic E-state index is 1.07. The Kier molecular flexibility index (Phi) is 5.61. The molecule has 0 bridgehead atoms. The van der Waals surface area contributed by atoms with E-state index in [1.807, 2.05) is 13.8 Å². The molecule has 0 fully saturated rings. The highest BCUT2D eigenvalue weighted by atomic mass is 14.8. The van der Waals surface area contributed by atoms with E-state index in [9.17, 15) is 0 Å². The summed E-state index contributed by atoms with van der Waals surface area (Å²) >= 11 is 0. The van der Waals surface area contributed by atoms with Crippen LogP contribution in [0, 0.1) is 20.8 Å². The SMILES string of the molecule is CC.CC1=CC(C)=N/C1=C(/c1ccc(C)cc1)c1[nH]c(C)cc1C. The van der Waals surface area contributed by atoms with Gasteiger partial charge in [0, 0.05) is 17.0 Å². The minimum atomic E-state index is 1.07. The lowest BCUT2D eigenvalue weighted by Gasteiger charge is -2.12. The van der Waals surface area contributed by atoms with Crippen LogP contribution in [-0.4, -0.2) is 10.7 Å². The molecule has 2 heteroatoms. The molecule has 0 atom stereocenters. The molecule has 0 amide bonds. The van der Waals surface area contributed by atoms with Gasteiger partial charge in [-0.1, -0.05) is 43.7 Å². The molecule has 3 rings (SSSR count). The van der Waals surface area contributed by atoms with Gasteiger partial charge in [-0.2, -0.15) is 0 Å². The quantitative estimate of drug-likeness (QED) is 0.688. The van der Waals surface area contributed by atoms with Crippen molar-refractivity contribution >= 4 is 11.3 Å². The van der Waals surface area contributed by atoms with Crippen molar-refractivity contribution in [2.75, 3.05) is 0 Å². The zero-order valence-corrected chi connectivity index (χ0v) is 15.9. The van der Waals surface area contributed by atoms with E-state index >= 15 is 0 Å². The maximum Gasteiger partial charge on any atom is 0.0761 e. The second-order valence-electron chi connectivity index (χ2n) is 6.18. The molecule has 1 N–H and O–H groups in total. The molecule has 2 aromatic rings. The Hall–Kier alpha value is -2.35. The standard InChI is InChI=1S/C20H22N2.C2H6/c1-12-6-8-17(9-7-12)18(19-13(2)10-15(4)21-19)20-14(3)11-16(5)22-20;1-2/h6-11,21H,1-5H3;1-2H3/b20-18-;. The van der Waals surface area contributed by atoms with E-state index in [1.54, 1.807) is 0 Å². The first-order chi connectivity index (χ1) is 11.5. The molecule has 24 heavy (non-hydrogen) atoms. The van der Waals surface area contributed by atoms with Crippen molar-refractivity contribution in [1.29, 1.82) is 0 Å². The van der Waals surface area contributed by atoms with Gasteiger partial charge in [0.1, 0.15) is 0 Å². The highest BCUT2D eigenvalue weighted by Crippen LogP contribution is 2.34. The summed E-state index contributed by atoms with van der Waals surface area (Å²) in [4.78, 5) is 8.29. The lowest BCUT2D eigenvalue weighted by molar-refractivity contribution is 1.21. The van der Waals surface area contributed by atoms with E-state index in [2.05, 4.69) is 76.0 Å². The first-order valence-corrected chi connectivity index (χ1v) is 8.67. The molecule has 126 valence electrons. The number of aliphatic imine (C=N–C) groups is 1. The number of allylic oxidation sites excluding steroid dienone is 2. The van der Waals surface area contributed by atoms with Crippen LogP contribution in [-0.2, 0) is 0 Å². The van der Waals surface area contributed by atoms with Crippen LogP contribution in [0.4, 0.5) is 0 Å². The fourth-order valence-corrected chi connectivity index (χ4v) is 3.04. The molecule has 0 spiro atoms. The van der Waals surface area contributed by atoms with Crippen molar-refractivity contribution in [3.05, 3.63) is 75.8 Å². The monoisotopic (exact) mass is 320 g/mol. The van der Waals surface area contributed by atoms with E-state index in [1.165, 1.54) is 39.2 Å². The van der Waals surface area contributed by atoms with E-state index in [4.69, 9.17) is 4.99 Å². The fourth-order valence-electron chi connectivity index (χ4n) is 3.04. The molecule has 0 unspecified atom stereocenters. The van der Waals surface area contributed by atoms with Gasteiger partial charge in [0.05, 0.1) is 11.4 Å². The van der Waals surface area contributed by atoms with Gasteiger partial charge in [0.2, 0.25) is 0 Å². The first kappa shape index (κ1) is 18.0. The van der Waals surface area contributed by atoms with Gasteiger partial charge in [0.15, 0.2) is 0 Å².